The first-order chi connectivity index (χ1) is 12.1. The standard InChI is InChI=1S/C20H23NO4/c1-13-4-5-15(10-18(13)23-3)11-20(22)21-14(2)16-6-7-17-19(12-16)25-9-8-24-17/h4-7,10,12,14H,8-9,11H2,1-3H3,(H,21,22)/t14-/m0/s1. The number of hydrogen-bond donors (Lipinski definition) is 1. The highest BCUT2D eigenvalue weighted by Gasteiger charge is 2.16. The Hall–Kier alpha value is -2.69. The van der Waals surface area contributed by atoms with Gasteiger partial charge in [0.25, 0.3) is 0 Å². The second-order valence-corrected chi connectivity index (χ2v) is 6.17. The summed E-state index contributed by atoms with van der Waals surface area (Å²) in [6.45, 7) is 5.05. The summed E-state index contributed by atoms with van der Waals surface area (Å²) in [6, 6.07) is 11.5. The first-order valence-corrected chi connectivity index (χ1v) is 8.39. The Kier molecular flexibility index (Phi) is 5.12. The van der Waals surface area contributed by atoms with Crippen molar-refractivity contribution in [1.29, 1.82) is 0 Å². The van der Waals surface area contributed by atoms with Gasteiger partial charge in [-0.25, -0.2) is 0 Å². The van der Waals surface area contributed by atoms with Gasteiger partial charge < -0.3 is 19.5 Å². The first-order valence-electron chi connectivity index (χ1n) is 8.39. The first kappa shape index (κ1) is 17.1. The van der Waals surface area contributed by atoms with Gasteiger partial charge in [0.15, 0.2) is 11.5 Å². The minimum absolute atomic E-state index is 0.0340. The van der Waals surface area contributed by atoms with Crippen LogP contribution in [0.4, 0.5) is 0 Å². The molecule has 25 heavy (non-hydrogen) atoms. The molecule has 0 spiro atoms. The molecule has 2 aromatic rings. The third-order valence-corrected chi connectivity index (χ3v) is 4.28. The molecule has 1 atom stereocenters. The molecule has 2 aromatic carbocycles. The van der Waals surface area contributed by atoms with Gasteiger partial charge in [0.2, 0.25) is 5.91 Å². The van der Waals surface area contributed by atoms with Gasteiger partial charge in [-0.2, -0.15) is 0 Å². The number of rotatable bonds is 5. The highest BCUT2D eigenvalue weighted by molar-refractivity contribution is 5.79. The van der Waals surface area contributed by atoms with E-state index in [4.69, 9.17) is 14.2 Å². The van der Waals surface area contributed by atoms with Crippen LogP contribution in [-0.2, 0) is 11.2 Å². The van der Waals surface area contributed by atoms with Gasteiger partial charge in [0.05, 0.1) is 19.6 Å². The number of ether oxygens (including phenoxy) is 3. The summed E-state index contributed by atoms with van der Waals surface area (Å²) in [5.41, 5.74) is 2.96. The minimum Gasteiger partial charge on any atom is -0.496 e. The van der Waals surface area contributed by atoms with Gasteiger partial charge in [-0.3, -0.25) is 4.79 Å². The molecule has 5 heteroatoms. The van der Waals surface area contributed by atoms with Gasteiger partial charge in [0, 0.05) is 0 Å². The number of benzene rings is 2. The molecule has 0 unspecified atom stereocenters. The molecule has 0 saturated carbocycles. The summed E-state index contributed by atoms with van der Waals surface area (Å²) in [7, 11) is 1.64. The van der Waals surface area contributed by atoms with E-state index < -0.39 is 0 Å². The normalized spacial score (nSPS) is 13.9. The lowest BCUT2D eigenvalue weighted by Crippen LogP contribution is -2.28. The zero-order valence-corrected chi connectivity index (χ0v) is 14.8. The second-order valence-electron chi connectivity index (χ2n) is 6.17. The summed E-state index contributed by atoms with van der Waals surface area (Å²) < 4.78 is 16.4. The zero-order valence-electron chi connectivity index (χ0n) is 14.8. The Labute approximate surface area is 147 Å². The van der Waals surface area contributed by atoms with E-state index in [0.717, 1.165) is 33.9 Å². The molecule has 1 amide bonds. The quantitative estimate of drug-likeness (QED) is 0.907. The van der Waals surface area contributed by atoms with E-state index in [1.54, 1.807) is 7.11 Å². The molecule has 0 aromatic heterocycles. The molecule has 0 fully saturated rings. The topological polar surface area (TPSA) is 56.8 Å². The number of nitrogens with one attached hydrogen (secondary N) is 1. The molecule has 0 radical (unpaired) electrons. The van der Waals surface area contributed by atoms with Gasteiger partial charge in [-0.1, -0.05) is 18.2 Å². The van der Waals surface area contributed by atoms with Gasteiger partial charge in [0.1, 0.15) is 19.0 Å². The predicted molar refractivity (Wildman–Crippen MR) is 95.4 cm³/mol. The van der Waals surface area contributed by atoms with Crippen molar-refractivity contribution in [1.82, 2.24) is 5.32 Å². The van der Waals surface area contributed by atoms with Crippen molar-refractivity contribution < 1.29 is 19.0 Å². The monoisotopic (exact) mass is 341 g/mol. The molecule has 0 bridgehead atoms. The van der Waals surface area contributed by atoms with Crippen LogP contribution in [0.25, 0.3) is 0 Å². The van der Waals surface area contributed by atoms with Crippen LogP contribution in [0.15, 0.2) is 36.4 Å². The number of fused-ring (bicyclic) bond motifs is 1. The highest BCUT2D eigenvalue weighted by atomic mass is 16.6. The Morgan fingerprint density at radius 2 is 1.92 bits per heavy atom. The van der Waals surface area contributed by atoms with E-state index in [-0.39, 0.29) is 11.9 Å². The number of amides is 1. The van der Waals surface area contributed by atoms with E-state index in [1.165, 1.54) is 0 Å². The number of methoxy groups -OCH3 is 1. The van der Waals surface area contributed by atoms with Crippen LogP contribution in [0, 0.1) is 6.92 Å². The summed E-state index contributed by atoms with van der Waals surface area (Å²) in [5, 5.41) is 3.03. The fourth-order valence-corrected chi connectivity index (χ4v) is 2.86. The van der Waals surface area contributed by atoms with Crippen molar-refractivity contribution in [2.45, 2.75) is 26.3 Å². The van der Waals surface area contributed by atoms with Crippen LogP contribution in [-0.4, -0.2) is 26.2 Å². The maximum Gasteiger partial charge on any atom is 0.224 e. The van der Waals surface area contributed by atoms with Gasteiger partial charge >= 0.3 is 0 Å². The average Bonchev–Trinajstić information content (AvgIpc) is 2.62. The van der Waals surface area contributed by atoms with E-state index in [0.29, 0.717) is 19.6 Å². The molecule has 132 valence electrons. The molecule has 5 nitrogen and oxygen atoms in total. The van der Waals surface area contributed by atoms with E-state index >= 15 is 0 Å². The van der Waals surface area contributed by atoms with Crippen LogP contribution in [0.2, 0.25) is 0 Å². The van der Waals surface area contributed by atoms with E-state index in [1.807, 2.05) is 50.2 Å². The molecular weight excluding hydrogens is 318 g/mol. The van der Waals surface area contributed by atoms with Crippen LogP contribution in [0.5, 0.6) is 17.2 Å². The fourth-order valence-electron chi connectivity index (χ4n) is 2.86. The van der Waals surface area contributed by atoms with Crippen molar-refractivity contribution in [2.75, 3.05) is 20.3 Å². The number of carbonyl (C=O) groups is 1. The molecule has 0 saturated heterocycles. The van der Waals surface area contributed by atoms with Crippen molar-refractivity contribution in [2.24, 2.45) is 0 Å². The summed E-state index contributed by atoms with van der Waals surface area (Å²) >= 11 is 0. The Bertz CT molecular complexity index is 772. The third-order valence-electron chi connectivity index (χ3n) is 4.28. The van der Waals surface area contributed by atoms with Gasteiger partial charge in [-0.05, 0) is 48.7 Å². The highest BCUT2D eigenvalue weighted by Crippen LogP contribution is 2.32. The lowest BCUT2D eigenvalue weighted by atomic mass is 10.1. The maximum absolute atomic E-state index is 12.4. The lowest BCUT2D eigenvalue weighted by Gasteiger charge is -2.21. The SMILES string of the molecule is COc1cc(CC(=O)N[C@@H](C)c2ccc3c(c2)OCCO3)ccc1C. The summed E-state index contributed by atoms with van der Waals surface area (Å²) in [6.07, 6.45) is 0.311. The molecule has 1 aliphatic rings. The summed E-state index contributed by atoms with van der Waals surface area (Å²) in [4.78, 5) is 12.4. The second kappa shape index (κ2) is 7.47. The Morgan fingerprint density at radius 3 is 2.68 bits per heavy atom. The van der Waals surface area contributed by atoms with Crippen molar-refractivity contribution >= 4 is 5.91 Å². The van der Waals surface area contributed by atoms with E-state index in [2.05, 4.69) is 5.32 Å². The molecule has 0 aliphatic carbocycles. The van der Waals surface area contributed by atoms with Crippen LogP contribution < -0.4 is 19.5 Å². The predicted octanol–water partition coefficient (Wildman–Crippen LogP) is 3.19. The smallest absolute Gasteiger partial charge is 0.224 e. The zero-order chi connectivity index (χ0) is 17.8. The van der Waals surface area contributed by atoms with Crippen LogP contribution in [0.3, 0.4) is 0 Å². The van der Waals surface area contributed by atoms with Crippen molar-refractivity contribution in [3.63, 3.8) is 0 Å². The third kappa shape index (κ3) is 4.05. The van der Waals surface area contributed by atoms with E-state index in [9.17, 15) is 4.79 Å². The Morgan fingerprint density at radius 1 is 1.16 bits per heavy atom. The van der Waals surface area contributed by atoms with Crippen molar-refractivity contribution in [3.05, 3.63) is 53.1 Å². The van der Waals surface area contributed by atoms with Crippen LogP contribution in [0.1, 0.15) is 29.7 Å². The Balaban J connectivity index is 1.64. The number of aryl methyl sites for hydroxylation is 1. The number of hydrogen-bond acceptors (Lipinski definition) is 4. The molecule has 1 N–H and O–H groups in total. The molecule has 3 rings (SSSR count). The van der Waals surface area contributed by atoms with Crippen LogP contribution >= 0.6 is 0 Å². The van der Waals surface area contributed by atoms with Gasteiger partial charge in [-0.15, -0.1) is 0 Å². The van der Waals surface area contributed by atoms with Crippen molar-refractivity contribution in [3.8, 4) is 17.2 Å². The average molecular weight is 341 g/mol. The fraction of sp³-hybridized carbons (Fsp3) is 0.350. The molecule has 1 aliphatic heterocycles. The largest absolute Gasteiger partial charge is 0.496 e. The number of carbonyl (C=O) groups excluding carboxylic acids is 1. The molecule has 1 heterocycles. The maximum atomic E-state index is 12.4. The molecular formula is C20H23NO4. The lowest BCUT2D eigenvalue weighted by molar-refractivity contribution is -0.121. The minimum atomic E-state index is -0.115. The summed E-state index contributed by atoms with van der Waals surface area (Å²) in [5.74, 6) is 2.24.